The summed E-state index contributed by atoms with van der Waals surface area (Å²) in [6.07, 6.45) is 0. The number of carbonyl (C=O) groups excluding carboxylic acids is 1. The number of amides is 1. The Balaban J connectivity index is 2.16. The number of benzene rings is 2. The number of ether oxygens (including phenoxy) is 2. The minimum atomic E-state index is -2.97. The van der Waals surface area contributed by atoms with E-state index in [1.165, 1.54) is 18.2 Å². The van der Waals surface area contributed by atoms with Crippen LogP contribution in [0.3, 0.4) is 0 Å². The van der Waals surface area contributed by atoms with E-state index in [4.69, 9.17) is 16.3 Å². The standard InChI is InChI=1S/C16H14ClF2NO3/c1-2-22-13-6-4-3-5-11(13)15(21)20-10-7-8-14(12(17)9-10)23-16(18)19/h3-9,16H,2H2,1H3,(H,20,21). The number of hydrogen-bond acceptors (Lipinski definition) is 3. The number of carbonyl (C=O) groups is 1. The summed E-state index contributed by atoms with van der Waals surface area (Å²) in [5.41, 5.74) is 0.714. The third-order valence-electron chi connectivity index (χ3n) is 2.84. The van der Waals surface area contributed by atoms with Crippen LogP contribution in [0.1, 0.15) is 17.3 Å². The van der Waals surface area contributed by atoms with Gasteiger partial charge in [-0.2, -0.15) is 8.78 Å². The minimum Gasteiger partial charge on any atom is -0.493 e. The number of alkyl halides is 2. The third kappa shape index (κ3) is 4.56. The number of nitrogens with one attached hydrogen (secondary N) is 1. The lowest BCUT2D eigenvalue weighted by atomic mass is 10.2. The number of rotatable bonds is 6. The fraction of sp³-hybridized carbons (Fsp3) is 0.188. The lowest BCUT2D eigenvalue weighted by Crippen LogP contribution is -2.13. The van der Waals surface area contributed by atoms with E-state index in [0.29, 0.717) is 23.6 Å². The Morgan fingerprint density at radius 2 is 1.96 bits per heavy atom. The van der Waals surface area contributed by atoms with Crippen molar-refractivity contribution in [1.82, 2.24) is 0 Å². The lowest BCUT2D eigenvalue weighted by Gasteiger charge is -2.12. The molecule has 0 atom stereocenters. The van der Waals surface area contributed by atoms with Gasteiger partial charge < -0.3 is 14.8 Å². The molecule has 2 rings (SSSR count). The average Bonchev–Trinajstić information content (AvgIpc) is 2.50. The topological polar surface area (TPSA) is 47.6 Å². The molecule has 1 amide bonds. The van der Waals surface area contributed by atoms with Crippen LogP contribution in [-0.2, 0) is 0 Å². The van der Waals surface area contributed by atoms with Gasteiger partial charge in [-0.15, -0.1) is 0 Å². The molecule has 0 bridgehead atoms. The van der Waals surface area contributed by atoms with Crippen molar-refractivity contribution in [3.8, 4) is 11.5 Å². The van der Waals surface area contributed by atoms with Gasteiger partial charge in [-0.3, -0.25) is 4.79 Å². The van der Waals surface area contributed by atoms with Gasteiger partial charge in [0.05, 0.1) is 17.2 Å². The van der Waals surface area contributed by atoms with E-state index < -0.39 is 12.5 Å². The van der Waals surface area contributed by atoms with E-state index in [9.17, 15) is 13.6 Å². The lowest BCUT2D eigenvalue weighted by molar-refractivity contribution is -0.0497. The molecule has 0 spiro atoms. The van der Waals surface area contributed by atoms with Crippen LogP contribution in [0.25, 0.3) is 0 Å². The van der Waals surface area contributed by atoms with Crippen LogP contribution >= 0.6 is 11.6 Å². The predicted octanol–water partition coefficient (Wildman–Crippen LogP) is 4.59. The van der Waals surface area contributed by atoms with E-state index in [1.807, 2.05) is 6.92 Å². The highest BCUT2D eigenvalue weighted by Crippen LogP contribution is 2.29. The summed E-state index contributed by atoms with van der Waals surface area (Å²) in [5, 5.41) is 2.61. The van der Waals surface area contributed by atoms with Crippen molar-refractivity contribution in [1.29, 1.82) is 0 Å². The van der Waals surface area contributed by atoms with E-state index in [2.05, 4.69) is 10.1 Å². The summed E-state index contributed by atoms with van der Waals surface area (Å²) in [5.74, 6) is -0.0988. The van der Waals surface area contributed by atoms with E-state index in [-0.39, 0.29) is 10.8 Å². The summed E-state index contributed by atoms with van der Waals surface area (Å²) in [7, 11) is 0. The maximum atomic E-state index is 12.3. The van der Waals surface area contributed by atoms with Crippen LogP contribution in [0.15, 0.2) is 42.5 Å². The molecule has 1 N–H and O–H groups in total. The second-order valence-electron chi connectivity index (χ2n) is 4.41. The molecule has 122 valence electrons. The third-order valence-corrected chi connectivity index (χ3v) is 3.13. The van der Waals surface area contributed by atoms with Crippen LogP contribution in [0, 0.1) is 0 Å². The largest absolute Gasteiger partial charge is 0.493 e. The predicted molar refractivity (Wildman–Crippen MR) is 83.6 cm³/mol. The van der Waals surface area contributed by atoms with Crippen molar-refractivity contribution in [2.24, 2.45) is 0 Å². The monoisotopic (exact) mass is 341 g/mol. The molecule has 0 heterocycles. The number of halogens is 3. The van der Waals surface area contributed by atoms with E-state index in [0.717, 1.165) is 0 Å². The highest BCUT2D eigenvalue weighted by atomic mass is 35.5. The Morgan fingerprint density at radius 3 is 2.61 bits per heavy atom. The van der Waals surface area contributed by atoms with Gasteiger partial charge in [0.1, 0.15) is 11.5 Å². The molecule has 0 saturated carbocycles. The molecule has 0 radical (unpaired) electrons. The van der Waals surface area contributed by atoms with Crippen LogP contribution in [0.2, 0.25) is 5.02 Å². The number of hydrogen-bond donors (Lipinski definition) is 1. The Bertz CT molecular complexity index is 695. The molecule has 0 unspecified atom stereocenters. The van der Waals surface area contributed by atoms with Gasteiger partial charge >= 0.3 is 6.61 Å². The zero-order chi connectivity index (χ0) is 16.8. The highest BCUT2D eigenvalue weighted by molar-refractivity contribution is 6.32. The molecular weight excluding hydrogens is 328 g/mol. The molecule has 0 aliphatic rings. The molecule has 0 saturated heterocycles. The molecule has 4 nitrogen and oxygen atoms in total. The normalized spacial score (nSPS) is 10.5. The Kier molecular flexibility index (Phi) is 5.76. The van der Waals surface area contributed by atoms with Crippen LogP contribution in [0.4, 0.5) is 14.5 Å². The first kappa shape index (κ1) is 17.0. The Hall–Kier alpha value is -2.34. The summed E-state index contributed by atoms with van der Waals surface area (Å²) >= 11 is 5.85. The fourth-order valence-corrected chi connectivity index (χ4v) is 2.13. The van der Waals surface area contributed by atoms with Crippen LogP contribution in [0.5, 0.6) is 11.5 Å². The van der Waals surface area contributed by atoms with Crippen molar-refractivity contribution in [3.63, 3.8) is 0 Å². The maximum absolute atomic E-state index is 12.3. The zero-order valence-corrected chi connectivity index (χ0v) is 12.9. The second-order valence-corrected chi connectivity index (χ2v) is 4.81. The first-order chi connectivity index (χ1) is 11.0. The van der Waals surface area contributed by atoms with Crippen molar-refractivity contribution >= 4 is 23.2 Å². The molecule has 7 heteroatoms. The second kappa shape index (κ2) is 7.78. The number of para-hydroxylation sites is 1. The van der Waals surface area contributed by atoms with Gasteiger partial charge in [0.2, 0.25) is 0 Å². The summed E-state index contributed by atoms with van der Waals surface area (Å²) < 4.78 is 34.0. The SMILES string of the molecule is CCOc1ccccc1C(=O)Nc1ccc(OC(F)F)c(Cl)c1. The zero-order valence-electron chi connectivity index (χ0n) is 12.2. The molecule has 23 heavy (non-hydrogen) atoms. The molecular formula is C16H14ClF2NO3. The highest BCUT2D eigenvalue weighted by Gasteiger charge is 2.14. The van der Waals surface area contributed by atoms with Crippen LogP contribution in [-0.4, -0.2) is 19.1 Å². The Labute approximate surface area is 137 Å². The van der Waals surface area contributed by atoms with Gasteiger partial charge in [0.15, 0.2) is 0 Å². The first-order valence-corrected chi connectivity index (χ1v) is 7.16. The Morgan fingerprint density at radius 1 is 1.22 bits per heavy atom. The average molecular weight is 342 g/mol. The maximum Gasteiger partial charge on any atom is 0.387 e. The summed E-state index contributed by atoms with van der Waals surface area (Å²) in [6.45, 7) is -0.725. The fourth-order valence-electron chi connectivity index (χ4n) is 1.90. The van der Waals surface area contributed by atoms with Crippen LogP contribution < -0.4 is 14.8 Å². The summed E-state index contributed by atoms with van der Waals surface area (Å²) in [6, 6.07) is 10.8. The van der Waals surface area contributed by atoms with Crippen molar-refractivity contribution in [3.05, 3.63) is 53.1 Å². The van der Waals surface area contributed by atoms with Crippen molar-refractivity contribution < 1.29 is 23.0 Å². The van der Waals surface area contributed by atoms with Gasteiger partial charge in [0, 0.05) is 5.69 Å². The molecule has 2 aromatic carbocycles. The molecule has 0 aliphatic carbocycles. The quantitative estimate of drug-likeness (QED) is 0.835. The van der Waals surface area contributed by atoms with Gasteiger partial charge in [-0.05, 0) is 37.3 Å². The van der Waals surface area contributed by atoms with E-state index in [1.54, 1.807) is 24.3 Å². The summed E-state index contributed by atoms with van der Waals surface area (Å²) in [4.78, 5) is 12.3. The first-order valence-electron chi connectivity index (χ1n) is 6.78. The van der Waals surface area contributed by atoms with Gasteiger partial charge in [-0.25, -0.2) is 0 Å². The molecule has 0 aliphatic heterocycles. The van der Waals surface area contributed by atoms with Crippen molar-refractivity contribution in [2.75, 3.05) is 11.9 Å². The number of anilines is 1. The molecule has 0 fully saturated rings. The minimum absolute atomic E-state index is 0.0267. The smallest absolute Gasteiger partial charge is 0.387 e. The van der Waals surface area contributed by atoms with E-state index >= 15 is 0 Å². The van der Waals surface area contributed by atoms with Gasteiger partial charge in [-0.1, -0.05) is 23.7 Å². The van der Waals surface area contributed by atoms with Gasteiger partial charge in [0.25, 0.3) is 5.91 Å². The molecule has 0 aromatic heterocycles. The van der Waals surface area contributed by atoms with Crippen molar-refractivity contribution in [2.45, 2.75) is 13.5 Å². The molecule has 2 aromatic rings.